The Labute approximate surface area is 61.7 Å². The molecule has 0 fully saturated rings. The second kappa shape index (κ2) is 3.22. The maximum atomic E-state index is 11.0. The van der Waals surface area contributed by atoms with Crippen molar-refractivity contribution in [1.29, 1.82) is 0 Å². The van der Waals surface area contributed by atoms with Crippen molar-refractivity contribution in [2.75, 3.05) is 5.75 Å². The van der Waals surface area contributed by atoms with Crippen molar-refractivity contribution in [3.63, 3.8) is 0 Å². The monoisotopic (exact) mass is 160 g/mol. The molecule has 0 aromatic carbocycles. The Hall–Kier alpha value is -0.0200. The molecule has 0 saturated heterocycles. The molecule has 1 heterocycles. The summed E-state index contributed by atoms with van der Waals surface area (Å²) in [6.07, 6.45) is 3.67. The second-order valence-corrected chi connectivity index (χ2v) is 4.61. The van der Waals surface area contributed by atoms with Gasteiger partial charge >= 0.3 is 0 Å². The fourth-order valence-corrected chi connectivity index (χ4v) is 2.80. The number of rotatable bonds is 1. The van der Waals surface area contributed by atoms with Gasteiger partial charge in [0.25, 0.3) is 0 Å². The van der Waals surface area contributed by atoms with E-state index in [0.717, 1.165) is 0 Å². The van der Waals surface area contributed by atoms with E-state index in [9.17, 15) is 4.21 Å². The molecular formula is C6H8OS2. The van der Waals surface area contributed by atoms with Gasteiger partial charge in [-0.15, -0.1) is 18.3 Å². The average Bonchev–Trinajstić information content (AvgIpc) is 1.89. The summed E-state index contributed by atoms with van der Waals surface area (Å²) in [7, 11) is -0.720. The minimum atomic E-state index is -0.720. The van der Waals surface area contributed by atoms with Gasteiger partial charge < -0.3 is 0 Å². The van der Waals surface area contributed by atoms with E-state index in [1.165, 1.54) is 0 Å². The van der Waals surface area contributed by atoms with Crippen molar-refractivity contribution in [2.45, 2.75) is 4.58 Å². The summed E-state index contributed by atoms with van der Waals surface area (Å²) in [5.74, 6) is 0.684. The molecular weight excluding hydrogens is 152 g/mol. The predicted molar refractivity (Wildman–Crippen MR) is 43.7 cm³/mol. The number of thioether (sulfide) groups is 1. The first-order valence-corrected chi connectivity index (χ1v) is 4.97. The van der Waals surface area contributed by atoms with Crippen LogP contribution in [0.25, 0.3) is 0 Å². The molecule has 1 aliphatic rings. The van der Waals surface area contributed by atoms with Crippen LogP contribution in [0.5, 0.6) is 0 Å². The lowest BCUT2D eigenvalue weighted by molar-refractivity contribution is 0.685. The van der Waals surface area contributed by atoms with Gasteiger partial charge in [-0.3, -0.25) is 4.21 Å². The normalized spacial score (nSPS) is 34.2. The van der Waals surface area contributed by atoms with Gasteiger partial charge in [0.15, 0.2) is 0 Å². The summed E-state index contributed by atoms with van der Waals surface area (Å²) in [5, 5.41) is 1.98. The molecule has 0 aromatic heterocycles. The lowest BCUT2D eigenvalue weighted by Gasteiger charge is -2.10. The van der Waals surface area contributed by atoms with E-state index in [1.807, 2.05) is 11.5 Å². The zero-order valence-corrected chi connectivity index (χ0v) is 6.58. The van der Waals surface area contributed by atoms with E-state index in [0.29, 0.717) is 5.75 Å². The molecule has 9 heavy (non-hydrogen) atoms. The predicted octanol–water partition coefficient (Wildman–Crippen LogP) is 1.51. The summed E-state index contributed by atoms with van der Waals surface area (Å²) in [6, 6.07) is 0. The quantitative estimate of drug-likeness (QED) is 0.541. The molecule has 1 rings (SSSR count). The van der Waals surface area contributed by atoms with E-state index in [-0.39, 0.29) is 4.58 Å². The van der Waals surface area contributed by atoms with Crippen molar-refractivity contribution in [1.82, 2.24) is 0 Å². The van der Waals surface area contributed by atoms with Crippen LogP contribution in [-0.4, -0.2) is 14.5 Å². The zero-order valence-electron chi connectivity index (χ0n) is 4.95. The summed E-state index contributed by atoms with van der Waals surface area (Å²) in [6.45, 7) is 3.59. The third kappa shape index (κ3) is 1.69. The van der Waals surface area contributed by atoms with Crippen molar-refractivity contribution < 1.29 is 4.21 Å². The number of hydrogen-bond donors (Lipinski definition) is 0. The SMILES string of the molecule is C=C[C@@H]1SC=CC[S@@]1=O. The Bertz CT molecular complexity index is 162. The fourth-order valence-electron chi connectivity index (χ4n) is 0.587. The lowest BCUT2D eigenvalue weighted by Crippen LogP contribution is -2.11. The van der Waals surface area contributed by atoms with Crippen molar-refractivity contribution in [3.8, 4) is 0 Å². The van der Waals surface area contributed by atoms with Gasteiger partial charge in [-0.05, 0) is 5.41 Å². The van der Waals surface area contributed by atoms with Gasteiger partial charge in [0, 0.05) is 16.6 Å². The highest BCUT2D eigenvalue weighted by Gasteiger charge is 2.13. The Morgan fingerprint density at radius 3 is 3.11 bits per heavy atom. The van der Waals surface area contributed by atoms with E-state index < -0.39 is 10.8 Å². The molecule has 0 unspecified atom stereocenters. The Morgan fingerprint density at radius 2 is 2.67 bits per heavy atom. The first kappa shape index (κ1) is 7.09. The maximum absolute atomic E-state index is 11.0. The van der Waals surface area contributed by atoms with Gasteiger partial charge in [0.1, 0.15) is 4.58 Å². The number of hydrogen-bond acceptors (Lipinski definition) is 2. The van der Waals surface area contributed by atoms with Crippen LogP contribution in [0.15, 0.2) is 24.1 Å². The summed E-state index contributed by atoms with van der Waals surface area (Å²) < 4.78 is 11.1. The van der Waals surface area contributed by atoms with Crippen LogP contribution in [0.4, 0.5) is 0 Å². The summed E-state index contributed by atoms with van der Waals surface area (Å²) in [4.78, 5) is 0. The highest BCUT2D eigenvalue weighted by molar-refractivity contribution is 8.13. The van der Waals surface area contributed by atoms with E-state index in [1.54, 1.807) is 17.8 Å². The Kier molecular flexibility index (Phi) is 2.54. The van der Waals surface area contributed by atoms with Gasteiger partial charge in [0.2, 0.25) is 0 Å². The van der Waals surface area contributed by atoms with Crippen LogP contribution in [0.3, 0.4) is 0 Å². The van der Waals surface area contributed by atoms with E-state index in [4.69, 9.17) is 0 Å². The molecule has 0 aromatic rings. The van der Waals surface area contributed by atoms with Crippen LogP contribution < -0.4 is 0 Å². The topological polar surface area (TPSA) is 17.1 Å². The van der Waals surface area contributed by atoms with Crippen LogP contribution >= 0.6 is 11.8 Å². The smallest absolute Gasteiger partial charge is 0.102 e. The first-order valence-electron chi connectivity index (χ1n) is 2.65. The summed E-state index contributed by atoms with van der Waals surface area (Å²) in [5.41, 5.74) is 0. The van der Waals surface area contributed by atoms with Crippen molar-refractivity contribution in [3.05, 3.63) is 24.1 Å². The van der Waals surface area contributed by atoms with Crippen molar-refractivity contribution in [2.24, 2.45) is 0 Å². The molecule has 3 heteroatoms. The molecule has 0 radical (unpaired) electrons. The molecule has 0 aliphatic carbocycles. The van der Waals surface area contributed by atoms with Crippen molar-refractivity contribution >= 4 is 22.6 Å². The van der Waals surface area contributed by atoms with Crippen LogP contribution in [0.2, 0.25) is 0 Å². The van der Waals surface area contributed by atoms with Gasteiger partial charge in [0.05, 0.1) is 0 Å². The molecule has 2 atom stereocenters. The highest BCUT2D eigenvalue weighted by atomic mass is 32.2. The third-order valence-corrected chi connectivity index (χ3v) is 4.04. The highest BCUT2D eigenvalue weighted by Crippen LogP contribution is 2.21. The Morgan fingerprint density at radius 1 is 1.89 bits per heavy atom. The average molecular weight is 160 g/mol. The first-order chi connectivity index (χ1) is 4.34. The summed E-state index contributed by atoms with van der Waals surface area (Å²) >= 11 is 1.57. The van der Waals surface area contributed by atoms with Gasteiger partial charge in [-0.25, -0.2) is 0 Å². The molecule has 0 N–H and O–H groups in total. The molecule has 0 saturated carbocycles. The standard InChI is InChI=1S/C6H8OS2/c1-2-6-8-4-3-5-9(6)7/h2-4,6H,1,5H2/t6-,9+/m1/s1. The largest absolute Gasteiger partial charge is 0.258 e. The van der Waals surface area contributed by atoms with Gasteiger partial charge in [-0.1, -0.05) is 12.2 Å². The minimum Gasteiger partial charge on any atom is -0.258 e. The van der Waals surface area contributed by atoms with Crippen LogP contribution in [0.1, 0.15) is 0 Å². The molecule has 0 spiro atoms. The van der Waals surface area contributed by atoms with E-state index in [2.05, 4.69) is 6.58 Å². The van der Waals surface area contributed by atoms with E-state index >= 15 is 0 Å². The molecule has 0 bridgehead atoms. The van der Waals surface area contributed by atoms with Crippen LogP contribution in [0, 0.1) is 0 Å². The maximum Gasteiger partial charge on any atom is 0.102 e. The minimum absolute atomic E-state index is 0.120. The fraction of sp³-hybridized carbons (Fsp3) is 0.333. The molecule has 0 amide bonds. The lowest BCUT2D eigenvalue weighted by atomic mass is 10.7. The molecule has 50 valence electrons. The third-order valence-electron chi connectivity index (χ3n) is 1.02. The zero-order chi connectivity index (χ0) is 6.69. The second-order valence-electron chi connectivity index (χ2n) is 1.66. The Balaban J connectivity index is 2.63. The molecule has 1 nitrogen and oxygen atoms in total. The van der Waals surface area contributed by atoms with Gasteiger partial charge in [-0.2, -0.15) is 0 Å². The van der Waals surface area contributed by atoms with Crippen LogP contribution in [-0.2, 0) is 10.8 Å². The molecule has 1 aliphatic heterocycles.